The molecule has 0 spiro atoms. The molecule has 102 valence electrons. The smallest absolute Gasteiger partial charge is 0.250 e. The molecule has 1 aromatic carbocycles. The van der Waals surface area contributed by atoms with E-state index in [0.29, 0.717) is 18.3 Å². The van der Waals surface area contributed by atoms with E-state index in [0.717, 1.165) is 11.3 Å². The third-order valence-corrected chi connectivity index (χ3v) is 2.44. The Hall–Kier alpha value is -1.88. The Bertz CT molecular complexity index is 455. The van der Waals surface area contributed by atoms with E-state index in [-0.39, 0.29) is 5.91 Å². The molecule has 2 N–H and O–H groups in total. The molecule has 1 aromatic rings. The predicted octanol–water partition coefficient (Wildman–Crippen LogP) is 2.11. The molecule has 0 aliphatic rings. The summed E-state index contributed by atoms with van der Waals surface area (Å²) in [6.07, 6.45) is 3.17. The molecule has 19 heavy (non-hydrogen) atoms. The van der Waals surface area contributed by atoms with Crippen molar-refractivity contribution in [1.29, 1.82) is 0 Å². The molecule has 0 aliphatic carbocycles. The number of benzene rings is 1. The zero-order valence-electron chi connectivity index (χ0n) is 11.1. The average Bonchev–Trinajstić information content (AvgIpc) is 2.38. The van der Waals surface area contributed by atoms with Crippen LogP contribution in [-0.2, 0) is 4.79 Å². The zero-order chi connectivity index (χ0) is 14.1. The highest BCUT2D eigenvalue weighted by Crippen LogP contribution is 2.12. The minimum absolute atomic E-state index is 0.250. The number of carbonyl (C=O) groups is 1. The monoisotopic (exact) mass is 278 g/mol. The molecule has 0 radical (unpaired) electrons. The summed E-state index contributed by atoms with van der Waals surface area (Å²) in [7, 11) is 0. The van der Waals surface area contributed by atoms with Crippen molar-refractivity contribution in [3.63, 3.8) is 0 Å². The fourth-order valence-electron chi connectivity index (χ4n) is 1.37. The highest BCUT2D eigenvalue weighted by Gasteiger charge is 1.98. The molecule has 0 unspecified atom stereocenters. The van der Waals surface area contributed by atoms with Crippen LogP contribution in [0, 0.1) is 0 Å². The van der Waals surface area contributed by atoms with Gasteiger partial charge in [0.05, 0.1) is 6.61 Å². The van der Waals surface area contributed by atoms with Gasteiger partial charge in [-0.05, 0) is 49.8 Å². The standard InChI is InChI=1S/C14H18N2O2S/c1-3-15-14(19)16-13(17)10-7-11-5-8-12(9-6-11)18-4-2/h5-10H,3-4H2,1-2H3,(H2,15,16,17,19)/b10-7+. The molecule has 0 saturated carbocycles. The zero-order valence-corrected chi connectivity index (χ0v) is 11.9. The number of carbonyl (C=O) groups excluding carboxylic acids is 1. The molecule has 1 amide bonds. The van der Waals surface area contributed by atoms with Gasteiger partial charge in [-0.1, -0.05) is 12.1 Å². The Morgan fingerprint density at radius 3 is 2.58 bits per heavy atom. The first-order valence-corrected chi connectivity index (χ1v) is 6.56. The van der Waals surface area contributed by atoms with Crippen LogP contribution in [0.5, 0.6) is 5.75 Å². The first-order chi connectivity index (χ1) is 9.15. The van der Waals surface area contributed by atoms with E-state index in [1.807, 2.05) is 38.1 Å². The van der Waals surface area contributed by atoms with Gasteiger partial charge in [-0.15, -0.1) is 0 Å². The molecule has 1 rings (SSSR count). The number of nitrogens with one attached hydrogen (secondary N) is 2. The van der Waals surface area contributed by atoms with Crippen molar-refractivity contribution >= 4 is 29.3 Å². The van der Waals surface area contributed by atoms with Gasteiger partial charge in [-0.3, -0.25) is 10.1 Å². The Kier molecular flexibility index (Phi) is 6.60. The summed E-state index contributed by atoms with van der Waals surface area (Å²) in [5.74, 6) is 0.567. The van der Waals surface area contributed by atoms with E-state index < -0.39 is 0 Å². The number of ether oxygens (including phenoxy) is 1. The first kappa shape index (κ1) is 15.2. The number of amides is 1. The van der Waals surface area contributed by atoms with Crippen molar-refractivity contribution in [2.75, 3.05) is 13.2 Å². The summed E-state index contributed by atoms with van der Waals surface area (Å²) in [6, 6.07) is 7.50. The van der Waals surface area contributed by atoms with Gasteiger partial charge >= 0.3 is 0 Å². The number of hydrogen-bond acceptors (Lipinski definition) is 3. The molecule has 0 fully saturated rings. The van der Waals surface area contributed by atoms with Gasteiger partial charge in [0.25, 0.3) is 0 Å². The number of hydrogen-bond donors (Lipinski definition) is 2. The Balaban J connectivity index is 2.51. The van der Waals surface area contributed by atoms with Crippen molar-refractivity contribution in [2.45, 2.75) is 13.8 Å². The molecule has 4 nitrogen and oxygen atoms in total. The van der Waals surface area contributed by atoms with Crippen LogP contribution in [0.25, 0.3) is 6.08 Å². The minimum atomic E-state index is -0.250. The van der Waals surface area contributed by atoms with Gasteiger partial charge in [-0.2, -0.15) is 0 Å². The van der Waals surface area contributed by atoms with Crippen LogP contribution in [0.15, 0.2) is 30.3 Å². The van der Waals surface area contributed by atoms with Gasteiger partial charge in [-0.25, -0.2) is 0 Å². The summed E-state index contributed by atoms with van der Waals surface area (Å²) in [5, 5.41) is 5.73. The summed E-state index contributed by atoms with van der Waals surface area (Å²) in [4.78, 5) is 11.5. The van der Waals surface area contributed by atoms with Crippen molar-refractivity contribution in [3.05, 3.63) is 35.9 Å². The van der Waals surface area contributed by atoms with Crippen molar-refractivity contribution in [2.24, 2.45) is 0 Å². The summed E-state index contributed by atoms with van der Waals surface area (Å²) in [5.41, 5.74) is 0.924. The summed E-state index contributed by atoms with van der Waals surface area (Å²) >= 11 is 4.91. The van der Waals surface area contributed by atoms with Crippen LogP contribution in [-0.4, -0.2) is 24.2 Å². The van der Waals surface area contributed by atoms with Crippen molar-refractivity contribution in [1.82, 2.24) is 10.6 Å². The average molecular weight is 278 g/mol. The lowest BCUT2D eigenvalue weighted by Gasteiger charge is -2.04. The van der Waals surface area contributed by atoms with Crippen LogP contribution in [0.2, 0.25) is 0 Å². The van der Waals surface area contributed by atoms with Crippen molar-refractivity contribution in [3.8, 4) is 5.75 Å². The second-order valence-electron chi connectivity index (χ2n) is 3.68. The maximum atomic E-state index is 11.5. The third-order valence-electron chi connectivity index (χ3n) is 2.19. The summed E-state index contributed by atoms with van der Waals surface area (Å²) in [6.45, 7) is 5.17. The van der Waals surface area contributed by atoms with Crippen LogP contribution in [0.1, 0.15) is 19.4 Å². The van der Waals surface area contributed by atoms with E-state index in [9.17, 15) is 4.79 Å². The maximum absolute atomic E-state index is 11.5. The fourth-order valence-corrected chi connectivity index (χ4v) is 1.62. The second kappa shape index (κ2) is 8.26. The van der Waals surface area contributed by atoms with E-state index >= 15 is 0 Å². The molecule has 5 heteroatoms. The van der Waals surface area contributed by atoms with Crippen molar-refractivity contribution < 1.29 is 9.53 Å². The molecule has 0 aromatic heterocycles. The van der Waals surface area contributed by atoms with E-state index in [4.69, 9.17) is 17.0 Å². The van der Waals surface area contributed by atoms with Crippen LogP contribution < -0.4 is 15.4 Å². The number of thiocarbonyl (C=S) groups is 1. The molecule has 0 bridgehead atoms. The van der Waals surface area contributed by atoms with Gasteiger partial charge in [0.2, 0.25) is 5.91 Å². The molecule has 0 heterocycles. The molecule has 0 saturated heterocycles. The lowest BCUT2D eigenvalue weighted by Crippen LogP contribution is -2.38. The second-order valence-corrected chi connectivity index (χ2v) is 4.09. The van der Waals surface area contributed by atoms with Crippen LogP contribution in [0.3, 0.4) is 0 Å². The lowest BCUT2D eigenvalue weighted by atomic mass is 10.2. The van der Waals surface area contributed by atoms with Crippen LogP contribution >= 0.6 is 12.2 Å². The Morgan fingerprint density at radius 1 is 1.32 bits per heavy atom. The SMILES string of the molecule is CCNC(=S)NC(=O)/C=C/c1ccc(OCC)cc1. The van der Waals surface area contributed by atoms with Gasteiger partial charge in [0.1, 0.15) is 5.75 Å². The fraction of sp³-hybridized carbons (Fsp3) is 0.286. The van der Waals surface area contributed by atoms with Crippen LogP contribution in [0.4, 0.5) is 0 Å². The largest absolute Gasteiger partial charge is 0.494 e. The predicted molar refractivity (Wildman–Crippen MR) is 81.1 cm³/mol. The molecular formula is C14H18N2O2S. The molecular weight excluding hydrogens is 260 g/mol. The normalized spacial score (nSPS) is 10.2. The van der Waals surface area contributed by atoms with E-state index in [2.05, 4.69) is 10.6 Å². The summed E-state index contributed by atoms with van der Waals surface area (Å²) < 4.78 is 5.34. The van der Waals surface area contributed by atoms with Gasteiger partial charge < -0.3 is 10.1 Å². The van der Waals surface area contributed by atoms with E-state index in [1.54, 1.807) is 6.08 Å². The maximum Gasteiger partial charge on any atom is 0.250 e. The first-order valence-electron chi connectivity index (χ1n) is 6.15. The lowest BCUT2D eigenvalue weighted by molar-refractivity contribution is -0.115. The topological polar surface area (TPSA) is 50.4 Å². The Labute approximate surface area is 118 Å². The number of rotatable bonds is 5. The Morgan fingerprint density at radius 2 is 2.00 bits per heavy atom. The van der Waals surface area contributed by atoms with E-state index in [1.165, 1.54) is 6.08 Å². The van der Waals surface area contributed by atoms with Gasteiger partial charge in [0, 0.05) is 12.6 Å². The highest BCUT2D eigenvalue weighted by atomic mass is 32.1. The highest BCUT2D eigenvalue weighted by molar-refractivity contribution is 7.80. The molecule has 0 atom stereocenters. The molecule has 0 aliphatic heterocycles. The quantitative estimate of drug-likeness (QED) is 0.640. The minimum Gasteiger partial charge on any atom is -0.494 e. The third kappa shape index (κ3) is 6.01. The van der Waals surface area contributed by atoms with Gasteiger partial charge in [0.15, 0.2) is 5.11 Å².